The normalized spacial score (nSPS) is 11.7. The Kier molecular flexibility index (Phi) is 8.43. The van der Waals surface area contributed by atoms with Crippen molar-refractivity contribution in [1.82, 2.24) is 14.9 Å². The highest BCUT2D eigenvalue weighted by Crippen LogP contribution is 2.24. The van der Waals surface area contributed by atoms with Crippen molar-refractivity contribution in [2.45, 2.75) is 33.7 Å². The van der Waals surface area contributed by atoms with Crippen LogP contribution in [0.25, 0.3) is 0 Å². The SMILES string of the molecule is CCCNC(=O)Nc1ccc(Cn2cc(C(=O)N(c3ccc(C)cc3)S(=O)O)nc2C)c(Cl)c1. The minimum Gasteiger partial charge on any atom is -0.338 e. The molecule has 3 rings (SSSR count). The number of benzene rings is 2. The molecule has 3 amide bonds. The number of nitrogens with zero attached hydrogens (tertiary/aromatic N) is 3. The first-order valence-corrected chi connectivity index (χ1v) is 12.0. The number of nitrogens with one attached hydrogen (secondary N) is 2. The summed E-state index contributed by atoms with van der Waals surface area (Å²) < 4.78 is 24.2. The molecule has 3 aromatic rings. The highest BCUT2D eigenvalue weighted by molar-refractivity contribution is 7.81. The van der Waals surface area contributed by atoms with E-state index in [9.17, 15) is 18.4 Å². The van der Waals surface area contributed by atoms with E-state index < -0.39 is 17.2 Å². The molecule has 1 unspecified atom stereocenters. The molecule has 3 N–H and O–H groups in total. The van der Waals surface area contributed by atoms with Gasteiger partial charge in [0.2, 0.25) is 0 Å². The molecule has 34 heavy (non-hydrogen) atoms. The van der Waals surface area contributed by atoms with Gasteiger partial charge in [-0.05, 0) is 50.1 Å². The molecule has 0 aliphatic rings. The van der Waals surface area contributed by atoms with Gasteiger partial charge < -0.3 is 15.2 Å². The summed E-state index contributed by atoms with van der Waals surface area (Å²) in [5, 5.41) is 5.89. The minimum absolute atomic E-state index is 0.0301. The van der Waals surface area contributed by atoms with E-state index >= 15 is 0 Å². The van der Waals surface area contributed by atoms with Crippen molar-refractivity contribution in [2.75, 3.05) is 16.2 Å². The molecule has 1 heterocycles. The molecule has 0 spiro atoms. The summed E-state index contributed by atoms with van der Waals surface area (Å²) in [5.74, 6) is -0.164. The summed E-state index contributed by atoms with van der Waals surface area (Å²) in [7, 11) is 0. The third-order valence-electron chi connectivity index (χ3n) is 4.99. The van der Waals surface area contributed by atoms with Gasteiger partial charge in [0.1, 0.15) is 11.5 Å². The van der Waals surface area contributed by atoms with Gasteiger partial charge in [-0.15, -0.1) is 0 Å². The van der Waals surface area contributed by atoms with Gasteiger partial charge in [-0.2, -0.15) is 0 Å². The first kappa shape index (κ1) is 25.4. The van der Waals surface area contributed by atoms with Gasteiger partial charge in [0, 0.05) is 23.5 Å². The fourth-order valence-electron chi connectivity index (χ4n) is 3.18. The maximum Gasteiger partial charge on any atom is 0.319 e. The molecular formula is C23H26ClN5O4S. The van der Waals surface area contributed by atoms with E-state index in [1.54, 1.807) is 54.0 Å². The molecular weight excluding hydrogens is 478 g/mol. The predicted molar refractivity (Wildman–Crippen MR) is 134 cm³/mol. The number of imidazole rings is 1. The van der Waals surface area contributed by atoms with Crippen LogP contribution in [0.3, 0.4) is 0 Å². The second-order valence-electron chi connectivity index (χ2n) is 7.65. The Morgan fingerprint density at radius 2 is 1.88 bits per heavy atom. The quantitative estimate of drug-likeness (QED) is 0.391. The summed E-state index contributed by atoms with van der Waals surface area (Å²) in [4.78, 5) is 29.1. The number of carbonyl (C=O) groups excluding carboxylic acids is 2. The monoisotopic (exact) mass is 503 g/mol. The second kappa shape index (κ2) is 11.3. The minimum atomic E-state index is -2.57. The van der Waals surface area contributed by atoms with Gasteiger partial charge >= 0.3 is 6.03 Å². The number of halogens is 1. The average molecular weight is 504 g/mol. The van der Waals surface area contributed by atoms with Crippen LogP contribution in [0.1, 0.15) is 40.8 Å². The van der Waals surface area contributed by atoms with Gasteiger partial charge in [-0.1, -0.05) is 42.3 Å². The van der Waals surface area contributed by atoms with Crippen molar-refractivity contribution in [3.63, 3.8) is 0 Å². The zero-order valence-electron chi connectivity index (χ0n) is 19.0. The topological polar surface area (TPSA) is 117 Å². The largest absolute Gasteiger partial charge is 0.338 e. The summed E-state index contributed by atoms with van der Waals surface area (Å²) in [6.07, 6.45) is 2.35. The lowest BCUT2D eigenvalue weighted by Crippen LogP contribution is -2.32. The van der Waals surface area contributed by atoms with Crippen LogP contribution in [-0.4, -0.2) is 36.8 Å². The number of rotatable bonds is 8. The van der Waals surface area contributed by atoms with Crippen molar-refractivity contribution in [2.24, 2.45) is 0 Å². The molecule has 0 bridgehead atoms. The average Bonchev–Trinajstić information content (AvgIpc) is 3.15. The molecule has 1 aromatic heterocycles. The molecule has 180 valence electrons. The summed E-state index contributed by atoms with van der Waals surface area (Å²) >= 11 is 3.85. The van der Waals surface area contributed by atoms with E-state index in [0.717, 1.165) is 21.9 Å². The fraction of sp³-hybridized carbons (Fsp3) is 0.261. The highest BCUT2D eigenvalue weighted by Gasteiger charge is 2.25. The third-order valence-corrected chi connectivity index (χ3v) is 6.03. The Morgan fingerprint density at radius 1 is 1.18 bits per heavy atom. The number of anilines is 2. The van der Waals surface area contributed by atoms with Crippen molar-refractivity contribution >= 4 is 46.2 Å². The number of urea groups is 1. The number of hydrogen-bond acceptors (Lipinski definition) is 4. The molecule has 11 heteroatoms. The molecule has 0 saturated heterocycles. The highest BCUT2D eigenvalue weighted by atomic mass is 35.5. The molecule has 0 fully saturated rings. The van der Waals surface area contributed by atoms with Gasteiger partial charge in [0.15, 0.2) is 0 Å². The lowest BCUT2D eigenvalue weighted by Gasteiger charge is -2.16. The van der Waals surface area contributed by atoms with Crippen LogP contribution in [0, 0.1) is 13.8 Å². The molecule has 0 radical (unpaired) electrons. The molecule has 0 aliphatic heterocycles. The molecule has 0 aliphatic carbocycles. The van der Waals surface area contributed by atoms with Crippen molar-refractivity contribution in [3.05, 3.63) is 76.3 Å². The van der Waals surface area contributed by atoms with Crippen LogP contribution in [0.15, 0.2) is 48.7 Å². The Bertz CT molecular complexity index is 1210. The van der Waals surface area contributed by atoms with Crippen LogP contribution in [0.4, 0.5) is 16.2 Å². The molecule has 1 atom stereocenters. The van der Waals surface area contributed by atoms with Gasteiger partial charge in [-0.3, -0.25) is 9.35 Å². The Hall–Kier alpha value is -3.21. The van der Waals surface area contributed by atoms with Crippen molar-refractivity contribution in [1.29, 1.82) is 0 Å². The summed E-state index contributed by atoms with van der Waals surface area (Å²) in [5.41, 5.74) is 2.58. The fourth-order valence-corrected chi connectivity index (χ4v) is 3.96. The molecule has 9 nitrogen and oxygen atoms in total. The van der Waals surface area contributed by atoms with E-state index in [1.807, 2.05) is 13.8 Å². The Labute approximate surface area is 205 Å². The van der Waals surface area contributed by atoms with Crippen molar-refractivity contribution in [3.8, 4) is 0 Å². The number of amides is 3. The van der Waals surface area contributed by atoms with E-state index in [-0.39, 0.29) is 17.4 Å². The second-order valence-corrected chi connectivity index (χ2v) is 8.89. The maximum absolute atomic E-state index is 13.0. The van der Waals surface area contributed by atoms with Crippen LogP contribution >= 0.6 is 11.6 Å². The van der Waals surface area contributed by atoms with Crippen molar-refractivity contribution < 1.29 is 18.4 Å². The first-order chi connectivity index (χ1) is 16.2. The smallest absolute Gasteiger partial charge is 0.319 e. The zero-order valence-corrected chi connectivity index (χ0v) is 20.6. The van der Waals surface area contributed by atoms with Crippen LogP contribution in [0.2, 0.25) is 5.02 Å². The van der Waals surface area contributed by atoms with Crippen LogP contribution in [-0.2, 0) is 17.8 Å². The number of aromatic nitrogens is 2. The molecule has 0 saturated carbocycles. The summed E-state index contributed by atoms with van der Waals surface area (Å²) in [6, 6.07) is 11.6. The lowest BCUT2D eigenvalue weighted by molar-refractivity contribution is 0.100. The maximum atomic E-state index is 13.0. The van der Waals surface area contributed by atoms with Crippen LogP contribution < -0.4 is 14.9 Å². The van der Waals surface area contributed by atoms with E-state index in [4.69, 9.17) is 11.6 Å². The van der Waals surface area contributed by atoms with E-state index in [0.29, 0.717) is 29.6 Å². The van der Waals surface area contributed by atoms with Crippen LogP contribution in [0.5, 0.6) is 0 Å². The zero-order chi connectivity index (χ0) is 24.8. The van der Waals surface area contributed by atoms with Gasteiger partial charge in [0.25, 0.3) is 17.2 Å². The standard InChI is InChI=1S/C23H26ClN5O4S/c1-4-11-25-23(31)27-18-8-7-17(20(24)12-18)13-28-14-21(26-16(28)3)22(30)29(34(32)33)19-9-5-15(2)6-10-19/h5-10,12,14H,4,11,13H2,1-3H3,(H,32,33)(H2,25,27,31). The van der Waals surface area contributed by atoms with Gasteiger partial charge in [-0.25, -0.2) is 18.3 Å². The Morgan fingerprint density at radius 3 is 2.50 bits per heavy atom. The first-order valence-electron chi connectivity index (χ1n) is 10.6. The third kappa shape index (κ3) is 6.22. The summed E-state index contributed by atoms with van der Waals surface area (Å²) in [6.45, 7) is 6.47. The van der Waals surface area contributed by atoms with E-state index in [1.165, 1.54) is 6.20 Å². The molecule has 2 aromatic carbocycles. The number of hydrogen-bond donors (Lipinski definition) is 3. The Balaban J connectivity index is 1.78. The van der Waals surface area contributed by atoms with E-state index in [2.05, 4.69) is 15.6 Å². The number of aryl methyl sites for hydroxylation is 2. The predicted octanol–water partition coefficient (Wildman–Crippen LogP) is 4.52. The van der Waals surface area contributed by atoms with Gasteiger partial charge in [0.05, 0.1) is 12.2 Å². The lowest BCUT2D eigenvalue weighted by atomic mass is 10.2. The number of carbonyl (C=O) groups is 2.